The summed E-state index contributed by atoms with van der Waals surface area (Å²) in [5, 5.41) is 10.6. The zero-order chi connectivity index (χ0) is 12.1. The Morgan fingerprint density at radius 3 is 3.24 bits per heavy atom. The van der Waals surface area contributed by atoms with Gasteiger partial charge >= 0.3 is 0 Å². The zero-order valence-corrected chi connectivity index (χ0v) is 10.3. The van der Waals surface area contributed by atoms with Crippen molar-refractivity contribution in [3.8, 4) is 0 Å². The maximum Gasteiger partial charge on any atom is 0.220 e. The number of carbonyl (C=O) groups excluding carboxylic acids is 1. The molecule has 1 aliphatic rings. The summed E-state index contributed by atoms with van der Waals surface area (Å²) in [6.45, 7) is 4.76. The molecule has 2 rings (SSSR count). The molecule has 1 aliphatic heterocycles. The quantitative estimate of drug-likeness (QED) is 0.763. The molecule has 2 N–H and O–H groups in total. The van der Waals surface area contributed by atoms with Crippen LogP contribution >= 0.6 is 0 Å². The molecule has 1 saturated heterocycles. The first kappa shape index (κ1) is 12.1. The molecule has 2 heterocycles. The standard InChI is InChI=1S/C12H20N4O/c1-2-7-16-11(5-6-14-16)9-13-8-10-3-4-12(17)15-10/h5-6,10,13H,2-4,7-9H2,1H3,(H,15,17). The fraction of sp³-hybridized carbons (Fsp3) is 0.667. The van der Waals surface area contributed by atoms with E-state index < -0.39 is 0 Å². The highest BCUT2D eigenvalue weighted by Gasteiger charge is 2.19. The van der Waals surface area contributed by atoms with Crippen LogP contribution in [0.4, 0.5) is 0 Å². The number of carbonyl (C=O) groups is 1. The minimum atomic E-state index is 0.174. The summed E-state index contributed by atoms with van der Waals surface area (Å²) in [5.74, 6) is 0.174. The normalized spacial score (nSPS) is 19.6. The van der Waals surface area contributed by atoms with Crippen LogP contribution < -0.4 is 10.6 Å². The summed E-state index contributed by atoms with van der Waals surface area (Å²) in [6.07, 6.45) is 4.54. The van der Waals surface area contributed by atoms with E-state index in [0.717, 1.165) is 32.5 Å². The van der Waals surface area contributed by atoms with Crippen molar-refractivity contribution in [2.24, 2.45) is 0 Å². The van der Waals surface area contributed by atoms with E-state index in [1.54, 1.807) is 0 Å². The number of amides is 1. The van der Waals surface area contributed by atoms with Crippen molar-refractivity contribution < 1.29 is 4.79 Å². The Labute approximate surface area is 102 Å². The molecule has 1 aromatic heterocycles. The Bertz CT molecular complexity index is 374. The average Bonchev–Trinajstić information content (AvgIpc) is 2.90. The average molecular weight is 236 g/mol. The Balaban J connectivity index is 1.74. The van der Waals surface area contributed by atoms with Crippen molar-refractivity contribution in [1.29, 1.82) is 0 Å². The van der Waals surface area contributed by atoms with Crippen LogP contribution in [-0.4, -0.2) is 28.3 Å². The predicted molar refractivity (Wildman–Crippen MR) is 65.4 cm³/mol. The van der Waals surface area contributed by atoms with E-state index >= 15 is 0 Å². The minimum Gasteiger partial charge on any atom is -0.352 e. The number of hydrogen-bond donors (Lipinski definition) is 2. The third-order valence-electron chi connectivity index (χ3n) is 3.02. The molecule has 1 aromatic rings. The number of hydrogen-bond acceptors (Lipinski definition) is 3. The molecule has 0 bridgehead atoms. The van der Waals surface area contributed by atoms with Crippen molar-refractivity contribution in [2.75, 3.05) is 6.54 Å². The minimum absolute atomic E-state index is 0.174. The van der Waals surface area contributed by atoms with Crippen LogP contribution in [0.3, 0.4) is 0 Å². The van der Waals surface area contributed by atoms with E-state index in [4.69, 9.17) is 0 Å². The number of aryl methyl sites for hydroxylation is 1. The van der Waals surface area contributed by atoms with Crippen LogP contribution in [0.25, 0.3) is 0 Å². The lowest BCUT2D eigenvalue weighted by molar-refractivity contribution is -0.119. The van der Waals surface area contributed by atoms with E-state index in [2.05, 4.69) is 22.7 Å². The van der Waals surface area contributed by atoms with Gasteiger partial charge in [0.05, 0.1) is 5.69 Å². The molecule has 17 heavy (non-hydrogen) atoms. The Morgan fingerprint density at radius 1 is 1.65 bits per heavy atom. The molecule has 1 amide bonds. The van der Waals surface area contributed by atoms with E-state index in [0.29, 0.717) is 12.5 Å². The lowest BCUT2D eigenvalue weighted by Crippen LogP contribution is -2.35. The highest BCUT2D eigenvalue weighted by atomic mass is 16.1. The van der Waals surface area contributed by atoms with Gasteiger partial charge in [0, 0.05) is 38.3 Å². The summed E-state index contributed by atoms with van der Waals surface area (Å²) in [5.41, 5.74) is 1.20. The Kier molecular flexibility index (Phi) is 4.14. The summed E-state index contributed by atoms with van der Waals surface area (Å²) < 4.78 is 2.03. The van der Waals surface area contributed by atoms with Crippen LogP contribution in [0.5, 0.6) is 0 Å². The molecule has 1 atom stereocenters. The van der Waals surface area contributed by atoms with Crippen molar-refractivity contribution >= 4 is 5.91 Å². The Morgan fingerprint density at radius 2 is 2.53 bits per heavy atom. The fourth-order valence-electron chi connectivity index (χ4n) is 2.13. The first-order valence-electron chi connectivity index (χ1n) is 6.30. The van der Waals surface area contributed by atoms with Gasteiger partial charge in [0.1, 0.15) is 0 Å². The molecule has 1 fully saturated rings. The molecular weight excluding hydrogens is 216 g/mol. The van der Waals surface area contributed by atoms with E-state index in [9.17, 15) is 4.79 Å². The zero-order valence-electron chi connectivity index (χ0n) is 10.3. The monoisotopic (exact) mass is 236 g/mol. The number of nitrogens with zero attached hydrogens (tertiary/aromatic N) is 2. The van der Waals surface area contributed by atoms with Gasteiger partial charge < -0.3 is 10.6 Å². The van der Waals surface area contributed by atoms with Crippen LogP contribution in [-0.2, 0) is 17.9 Å². The first-order valence-corrected chi connectivity index (χ1v) is 6.30. The van der Waals surface area contributed by atoms with Crippen molar-refractivity contribution in [3.05, 3.63) is 18.0 Å². The second kappa shape index (κ2) is 5.82. The van der Waals surface area contributed by atoms with Gasteiger partial charge in [0.2, 0.25) is 5.91 Å². The van der Waals surface area contributed by atoms with Gasteiger partial charge in [-0.2, -0.15) is 5.10 Å². The SMILES string of the molecule is CCCn1nccc1CNCC1CCC(=O)N1. The maximum absolute atomic E-state index is 11.0. The van der Waals surface area contributed by atoms with Crippen molar-refractivity contribution in [2.45, 2.75) is 45.3 Å². The molecule has 0 spiro atoms. The number of rotatable bonds is 6. The fourth-order valence-corrected chi connectivity index (χ4v) is 2.13. The van der Waals surface area contributed by atoms with E-state index in [1.165, 1.54) is 5.69 Å². The van der Waals surface area contributed by atoms with Crippen LogP contribution in [0.15, 0.2) is 12.3 Å². The summed E-state index contributed by atoms with van der Waals surface area (Å²) in [4.78, 5) is 11.0. The molecule has 1 unspecified atom stereocenters. The predicted octanol–water partition coefficient (Wildman–Crippen LogP) is 0.661. The lowest BCUT2D eigenvalue weighted by Gasteiger charge is -2.12. The largest absolute Gasteiger partial charge is 0.352 e. The second-order valence-corrected chi connectivity index (χ2v) is 4.48. The third kappa shape index (κ3) is 3.30. The molecule has 5 heteroatoms. The van der Waals surface area contributed by atoms with Gasteiger partial charge in [-0.3, -0.25) is 9.48 Å². The number of aromatic nitrogens is 2. The highest BCUT2D eigenvalue weighted by molar-refractivity contribution is 5.78. The van der Waals surface area contributed by atoms with Gasteiger partial charge in [-0.05, 0) is 18.9 Å². The smallest absolute Gasteiger partial charge is 0.220 e. The van der Waals surface area contributed by atoms with Crippen LogP contribution in [0.1, 0.15) is 31.9 Å². The number of nitrogens with one attached hydrogen (secondary N) is 2. The molecular formula is C12H20N4O. The summed E-state index contributed by atoms with van der Waals surface area (Å²) in [7, 11) is 0. The third-order valence-corrected chi connectivity index (χ3v) is 3.02. The molecule has 5 nitrogen and oxygen atoms in total. The van der Waals surface area contributed by atoms with Crippen LogP contribution in [0.2, 0.25) is 0 Å². The van der Waals surface area contributed by atoms with E-state index in [1.807, 2.05) is 16.9 Å². The summed E-state index contributed by atoms with van der Waals surface area (Å²) >= 11 is 0. The van der Waals surface area contributed by atoms with Gasteiger partial charge in [0.15, 0.2) is 0 Å². The molecule has 0 radical (unpaired) electrons. The van der Waals surface area contributed by atoms with Gasteiger partial charge in [-0.15, -0.1) is 0 Å². The van der Waals surface area contributed by atoms with Crippen LogP contribution in [0, 0.1) is 0 Å². The van der Waals surface area contributed by atoms with Gasteiger partial charge in [-0.25, -0.2) is 0 Å². The van der Waals surface area contributed by atoms with Crippen molar-refractivity contribution in [1.82, 2.24) is 20.4 Å². The van der Waals surface area contributed by atoms with E-state index in [-0.39, 0.29) is 5.91 Å². The Hall–Kier alpha value is -1.36. The lowest BCUT2D eigenvalue weighted by atomic mass is 10.2. The van der Waals surface area contributed by atoms with Crippen molar-refractivity contribution in [3.63, 3.8) is 0 Å². The van der Waals surface area contributed by atoms with Gasteiger partial charge in [-0.1, -0.05) is 6.92 Å². The second-order valence-electron chi connectivity index (χ2n) is 4.48. The van der Waals surface area contributed by atoms with Gasteiger partial charge in [0.25, 0.3) is 0 Å². The molecule has 0 saturated carbocycles. The highest BCUT2D eigenvalue weighted by Crippen LogP contribution is 2.06. The molecule has 0 aromatic carbocycles. The maximum atomic E-state index is 11.0. The molecule has 0 aliphatic carbocycles. The topological polar surface area (TPSA) is 59.0 Å². The molecule has 94 valence electrons. The summed E-state index contributed by atoms with van der Waals surface area (Å²) in [6, 6.07) is 2.33. The first-order chi connectivity index (χ1) is 8.29.